The van der Waals surface area contributed by atoms with Crippen LogP contribution in [-0.2, 0) is 0 Å². The smallest absolute Gasteiger partial charge is 0.00487 e. The molecule has 0 aliphatic carbocycles. The quantitative estimate of drug-likeness (QED) is 0.651. The summed E-state index contributed by atoms with van der Waals surface area (Å²) in [5.74, 6) is 0. The zero-order valence-electron chi connectivity index (χ0n) is 11.7. The molecule has 1 heteroatoms. The Balaban J connectivity index is 3.20. The molecule has 0 aromatic rings. The van der Waals surface area contributed by atoms with Gasteiger partial charge in [-0.15, -0.1) is 0 Å². The van der Waals surface area contributed by atoms with Gasteiger partial charge < -0.3 is 5.32 Å². The highest BCUT2D eigenvalue weighted by Crippen LogP contribution is 2.20. The summed E-state index contributed by atoms with van der Waals surface area (Å²) in [7, 11) is 0. The third kappa shape index (κ3) is 14.0. The molecule has 0 aromatic heterocycles. The molecule has 0 saturated heterocycles. The first-order valence-electron chi connectivity index (χ1n) is 6.41. The second-order valence-electron chi connectivity index (χ2n) is 7.08. The van der Waals surface area contributed by atoms with Crippen LogP contribution in [0.25, 0.3) is 0 Å². The Kier molecular flexibility index (Phi) is 6.51. The summed E-state index contributed by atoms with van der Waals surface area (Å²) >= 11 is 0. The van der Waals surface area contributed by atoms with E-state index in [1.54, 1.807) is 0 Å². The Labute approximate surface area is 97.0 Å². The van der Waals surface area contributed by atoms with Crippen molar-refractivity contribution in [1.82, 2.24) is 5.32 Å². The molecule has 0 bridgehead atoms. The van der Waals surface area contributed by atoms with E-state index in [4.69, 9.17) is 0 Å². The van der Waals surface area contributed by atoms with Gasteiger partial charge >= 0.3 is 0 Å². The summed E-state index contributed by atoms with van der Waals surface area (Å²) in [6.07, 6.45) is 5.25. The molecule has 0 rings (SSSR count). The molecular weight excluding hydrogens is 182 g/mol. The molecule has 0 aliphatic rings. The summed E-state index contributed by atoms with van der Waals surface area (Å²) < 4.78 is 0. The molecule has 1 N–H and O–H groups in total. The zero-order valence-corrected chi connectivity index (χ0v) is 11.7. The van der Waals surface area contributed by atoms with Crippen LogP contribution in [0.1, 0.15) is 67.2 Å². The maximum Gasteiger partial charge on any atom is -0.00487 e. The molecule has 15 heavy (non-hydrogen) atoms. The minimum atomic E-state index is 0.493. The molecule has 0 fully saturated rings. The van der Waals surface area contributed by atoms with E-state index in [9.17, 15) is 0 Å². The van der Waals surface area contributed by atoms with Crippen molar-refractivity contribution in [3.8, 4) is 0 Å². The summed E-state index contributed by atoms with van der Waals surface area (Å²) in [6, 6.07) is 0. The molecular formula is C14H31N. The minimum absolute atomic E-state index is 0.493. The predicted molar refractivity (Wildman–Crippen MR) is 70.2 cm³/mol. The van der Waals surface area contributed by atoms with Gasteiger partial charge in [0.15, 0.2) is 0 Å². The summed E-state index contributed by atoms with van der Waals surface area (Å²) in [5.41, 5.74) is 0.986. The Morgan fingerprint density at radius 1 is 0.667 bits per heavy atom. The van der Waals surface area contributed by atoms with Crippen LogP contribution in [0.4, 0.5) is 0 Å². The van der Waals surface area contributed by atoms with E-state index in [1.807, 2.05) is 0 Å². The van der Waals surface area contributed by atoms with E-state index in [0.29, 0.717) is 10.8 Å². The molecule has 0 amide bonds. The van der Waals surface area contributed by atoms with Crippen LogP contribution in [0.2, 0.25) is 0 Å². The first-order chi connectivity index (χ1) is 6.71. The van der Waals surface area contributed by atoms with Crippen LogP contribution in [0, 0.1) is 10.8 Å². The lowest BCUT2D eigenvalue weighted by Gasteiger charge is -2.19. The Morgan fingerprint density at radius 3 is 1.27 bits per heavy atom. The van der Waals surface area contributed by atoms with Crippen LogP contribution < -0.4 is 5.32 Å². The fourth-order valence-electron chi connectivity index (χ4n) is 1.61. The van der Waals surface area contributed by atoms with Gasteiger partial charge in [-0.3, -0.25) is 0 Å². The van der Waals surface area contributed by atoms with Gasteiger partial charge in [0.05, 0.1) is 0 Å². The van der Waals surface area contributed by atoms with E-state index >= 15 is 0 Å². The van der Waals surface area contributed by atoms with Crippen molar-refractivity contribution in [3.63, 3.8) is 0 Å². The van der Waals surface area contributed by atoms with Crippen molar-refractivity contribution in [3.05, 3.63) is 0 Å². The van der Waals surface area contributed by atoms with Gasteiger partial charge in [0.25, 0.3) is 0 Å². The molecule has 0 aliphatic heterocycles. The van der Waals surface area contributed by atoms with Crippen LogP contribution >= 0.6 is 0 Å². The normalized spacial score (nSPS) is 13.2. The third-order valence-electron chi connectivity index (χ3n) is 2.56. The standard InChI is InChI=1S/C14H31N/c1-13(2,3)9-7-11-15-12-8-10-14(4,5)6/h15H,7-12H2,1-6H3. The lowest BCUT2D eigenvalue weighted by Crippen LogP contribution is -2.20. The van der Waals surface area contributed by atoms with Crippen molar-refractivity contribution >= 4 is 0 Å². The Bertz CT molecular complexity index is 130. The van der Waals surface area contributed by atoms with Gasteiger partial charge in [-0.25, -0.2) is 0 Å². The fourth-order valence-corrected chi connectivity index (χ4v) is 1.61. The zero-order chi connectivity index (χ0) is 11.9. The SMILES string of the molecule is CC(C)(C)CCCNCCCC(C)(C)C. The van der Waals surface area contributed by atoms with E-state index in [0.717, 1.165) is 0 Å². The van der Waals surface area contributed by atoms with Gasteiger partial charge in [0.1, 0.15) is 0 Å². The van der Waals surface area contributed by atoms with Crippen LogP contribution in [0.15, 0.2) is 0 Å². The lowest BCUT2D eigenvalue weighted by molar-refractivity contribution is 0.348. The highest BCUT2D eigenvalue weighted by Gasteiger charge is 2.10. The van der Waals surface area contributed by atoms with Crippen LogP contribution in [0.3, 0.4) is 0 Å². The Hall–Kier alpha value is -0.0400. The molecule has 0 atom stereocenters. The first-order valence-corrected chi connectivity index (χ1v) is 6.41. The van der Waals surface area contributed by atoms with E-state index in [2.05, 4.69) is 46.9 Å². The van der Waals surface area contributed by atoms with Crippen molar-refractivity contribution < 1.29 is 0 Å². The second-order valence-corrected chi connectivity index (χ2v) is 7.08. The predicted octanol–water partition coefficient (Wildman–Crippen LogP) is 4.23. The van der Waals surface area contributed by atoms with Crippen LogP contribution in [-0.4, -0.2) is 13.1 Å². The van der Waals surface area contributed by atoms with Crippen molar-refractivity contribution in [2.24, 2.45) is 10.8 Å². The average molecular weight is 213 g/mol. The van der Waals surface area contributed by atoms with Gasteiger partial charge in [-0.1, -0.05) is 41.5 Å². The number of rotatable bonds is 6. The Morgan fingerprint density at radius 2 is 1.00 bits per heavy atom. The summed E-state index contributed by atoms with van der Waals surface area (Å²) in [4.78, 5) is 0. The van der Waals surface area contributed by atoms with E-state index in [-0.39, 0.29) is 0 Å². The van der Waals surface area contributed by atoms with E-state index < -0.39 is 0 Å². The molecule has 0 spiro atoms. The number of hydrogen-bond donors (Lipinski definition) is 1. The molecule has 0 aromatic carbocycles. The van der Waals surface area contributed by atoms with Crippen molar-refractivity contribution in [2.45, 2.75) is 67.2 Å². The second kappa shape index (κ2) is 6.52. The largest absolute Gasteiger partial charge is 0.317 e. The molecule has 0 unspecified atom stereocenters. The summed E-state index contributed by atoms with van der Waals surface area (Å²) in [6.45, 7) is 16.2. The minimum Gasteiger partial charge on any atom is -0.317 e. The van der Waals surface area contributed by atoms with Crippen molar-refractivity contribution in [1.29, 1.82) is 0 Å². The molecule has 1 nitrogen and oxygen atoms in total. The molecule has 0 heterocycles. The maximum atomic E-state index is 3.53. The lowest BCUT2D eigenvalue weighted by atomic mass is 9.90. The molecule has 0 radical (unpaired) electrons. The molecule has 92 valence electrons. The van der Waals surface area contributed by atoms with E-state index in [1.165, 1.54) is 38.8 Å². The molecule has 0 saturated carbocycles. The maximum absolute atomic E-state index is 3.53. The van der Waals surface area contributed by atoms with Crippen LogP contribution in [0.5, 0.6) is 0 Å². The van der Waals surface area contributed by atoms with Gasteiger partial charge in [0, 0.05) is 0 Å². The number of nitrogens with one attached hydrogen (secondary N) is 1. The summed E-state index contributed by atoms with van der Waals surface area (Å²) in [5, 5.41) is 3.53. The third-order valence-corrected chi connectivity index (χ3v) is 2.56. The highest BCUT2D eigenvalue weighted by atomic mass is 14.8. The van der Waals surface area contributed by atoms with Gasteiger partial charge in [-0.2, -0.15) is 0 Å². The highest BCUT2D eigenvalue weighted by molar-refractivity contribution is 4.64. The average Bonchev–Trinajstić information content (AvgIpc) is 1.98. The van der Waals surface area contributed by atoms with Gasteiger partial charge in [0.2, 0.25) is 0 Å². The fraction of sp³-hybridized carbons (Fsp3) is 1.00. The first kappa shape index (κ1) is 15.0. The van der Waals surface area contributed by atoms with Crippen molar-refractivity contribution in [2.75, 3.05) is 13.1 Å². The number of hydrogen-bond acceptors (Lipinski definition) is 1. The monoisotopic (exact) mass is 213 g/mol. The van der Waals surface area contributed by atoms with Gasteiger partial charge in [-0.05, 0) is 49.6 Å². The topological polar surface area (TPSA) is 12.0 Å².